The van der Waals surface area contributed by atoms with Crippen LogP contribution in [0.15, 0.2) is 28.8 Å². The van der Waals surface area contributed by atoms with Crippen molar-refractivity contribution >= 4 is 5.91 Å². The number of para-hydroxylation sites is 1. The van der Waals surface area contributed by atoms with Crippen molar-refractivity contribution in [3.8, 4) is 5.75 Å². The third-order valence-electron chi connectivity index (χ3n) is 3.74. The number of methoxy groups -OCH3 is 1. The van der Waals surface area contributed by atoms with E-state index in [-0.39, 0.29) is 17.9 Å². The molecule has 0 aliphatic carbocycles. The second kappa shape index (κ2) is 7.31. The lowest BCUT2D eigenvalue weighted by atomic mass is 10.0. The van der Waals surface area contributed by atoms with Crippen LogP contribution in [0.25, 0.3) is 0 Å². The summed E-state index contributed by atoms with van der Waals surface area (Å²) in [5, 5.41) is 6.95. The van der Waals surface area contributed by atoms with Crippen LogP contribution < -0.4 is 10.1 Å². The number of rotatable bonds is 6. The lowest BCUT2D eigenvalue weighted by Crippen LogP contribution is -2.34. The van der Waals surface area contributed by atoms with Crippen LogP contribution >= 0.6 is 0 Å². The lowest BCUT2D eigenvalue weighted by Gasteiger charge is -2.16. The van der Waals surface area contributed by atoms with Gasteiger partial charge in [-0.15, -0.1) is 0 Å². The molecular weight excluding hydrogens is 292 g/mol. The molecule has 1 aromatic heterocycles. The SMILES string of the molecule is COc1ccccc1C[C@@H](C)NC(=O)c1c(C)noc1C(C)C. The predicted octanol–water partition coefficient (Wildman–Crippen LogP) is 3.48. The first kappa shape index (κ1) is 17.1. The second-order valence-corrected chi connectivity index (χ2v) is 6.05. The summed E-state index contributed by atoms with van der Waals surface area (Å²) in [6.45, 7) is 7.72. The van der Waals surface area contributed by atoms with Gasteiger partial charge in [0.25, 0.3) is 5.91 Å². The maximum atomic E-state index is 12.6. The number of ether oxygens (including phenoxy) is 1. The fourth-order valence-electron chi connectivity index (χ4n) is 2.61. The predicted molar refractivity (Wildman–Crippen MR) is 89.0 cm³/mol. The Bertz CT molecular complexity index is 677. The van der Waals surface area contributed by atoms with Crippen LogP contribution in [0.4, 0.5) is 0 Å². The molecule has 5 nitrogen and oxygen atoms in total. The molecule has 1 heterocycles. The first-order valence-electron chi connectivity index (χ1n) is 7.83. The van der Waals surface area contributed by atoms with Crippen LogP contribution in [0.2, 0.25) is 0 Å². The fraction of sp³-hybridized carbons (Fsp3) is 0.444. The number of carbonyl (C=O) groups excluding carboxylic acids is 1. The van der Waals surface area contributed by atoms with E-state index in [9.17, 15) is 4.79 Å². The van der Waals surface area contributed by atoms with Crippen molar-refractivity contribution in [3.05, 3.63) is 46.8 Å². The summed E-state index contributed by atoms with van der Waals surface area (Å²) in [4.78, 5) is 12.6. The zero-order valence-corrected chi connectivity index (χ0v) is 14.3. The van der Waals surface area contributed by atoms with E-state index in [0.717, 1.165) is 11.3 Å². The van der Waals surface area contributed by atoms with Crippen LogP contribution in [0, 0.1) is 6.92 Å². The molecule has 1 N–H and O–H groups in total. The summed E-state index contributed by atoms with van der Waals surface area (Å²) in [5.41, 5.74) is 2.23. The monoisotopic (exact) mass is 316 g/mol. The molecule has 1 amide bonds. The van der Waals surface area contributed by atoms with Crippen LogP contribution in [-0.4, -0.2) is 24.2 Å². The summed E-state index contributed by atoms with van der Waals surface area (Å²) in [6, 6.07) is 7.79. The molecule has 0 bridgehead atoms. The fourth-order valence-corrected chi connectivity index (χ4v) is 2.61. The highest BCUT2D eigenvalue weighted by Gasteiger charge is 2.23. The Morgan fingerprint density at radius 2 is 2.00 bits per heavy atom. The number of nitrogens with one attached hydrogen (secondary N) is 1. The summed E-state index contributed by atoms with van der Waals surface area (Å²) in [7, 11) is 1.65. The van der Waals surface area contributed by atoms with Gasteiger partial charge in [0.15, 0.2) is 5.76 Å². The highest BCUT2D eigenvalue weighted by Crippen LogP contribution is 2.23. The van der Waals surface area contributed by atoms with E-state index >= 15 is 0 Å². The second-order valence-electron chi connectivity index (χ2n) is 6.05. The van der Waals surface area contributed by atoms with Gasteiger partial charge in [0, 0.05) is 12.0 Å². The molecular formula is C18H24N2O3. The molecule has 2 rings (SSSR count). The standard InChI is InChI=1S/C18H24N2O3/c1-11(2)17-16(13(4)20-23-17)18(21)19-12(3)10-14-8-6-7-9-15(14)22-5/h6-9,11-12H,10H2,1-5H3,(H,19,21)/t12-/m1/s1. The van der Waals surface area contributed by atoms with Gasteiger partial charge in [-0.3, -0.25) is 4.79 Å². The minimum Gasteiger partial charge on any atom is -0.496 e. The molecule has 0 aliphatic heterocycles. The molecule has 0 fully saturated rings. The summed E-state index contributed by atoms with van der Waals surface area (Å²) >= 11 is 0. The number of aryl methyl sites for hydroxylation is 1. The van der Waals surface area contributed by atoms with E-state index in [1.54, 1.807) is 14.0 Å². The molecule has 1 atom stereocenters. The quantitative estimate of drug-likeness (QED) is 0.886. The van der Waals surface area contributed by atoms with Crippen LogP contribution in [0.1, 0.15) is 54.1 Å². The van der Waals surface area contributed by atoms with Gasteiger partial charge in [0.1, 0.15) is 11.3 Å². The molecule has 0 aliphatic rings. The third-order valence-corrected chi connectivity index (χ3v) is 3.74. The Labute approximate surface area is 137 Å². The van der Waals surface area contributed by atoms with Crippen LogP contribution in [0.5, 0.6) is 5.75 Å². The topological polar surface area (TPSA) is 64.4 Å². The number of hydrogen-bond acceptors (Lipinski definition) is 4. The van der Waals surface area contributed by atoms with E-state index in [2.05, 4.69) is 10.5 Å². The molecule has 0 saturated heterocycles. The van der Waals surface area contributed by atoms with Crippen molar-refractivity contribution < 1.29 is 14.1 Å². The maximum Gasteiger partial charge on any atom is 0.257 e. The van der Waals surface area contributed by atoms with Gasteiger partial charge in [-0.25, -0.2) is 0 Å². The maximum absolute atomic E-state index is 12.6. The first-order chi connectivity index (χ1) is 10.9. The minimum atomic E-state index is -0.144. The van der Waals surface area contributed by atoms with E-state index in [0.29, 0.717) is 23.4 Å². The average molecular weight is 316 g/mol. The van der Waals surface area contributed by atoms with Crippen molar-refractivity contribution in [1.82, 2.24) is 10.5 Å². The molecule has 0 unspecified atom stereocenters. The van der Waals surface area contributed by atoms with E-state index in [1.165, 1.54) is 0 Å². The third kappa shape index (κ3) is 3.92. The van der Waals surface area contributed by atoms with Gasteiger partial charge in [-0.2, -0.15) is 0 Å². The summed E-state index contributed by atoms with van der Waals surface area (Å²) in [5.74, 6) is 1.43. The Kier molecular flexibility index (Phi) is 5.42. The Morgan fingerprint density at radius 1 is 1.30 bits per heavy atom. The molecule has 1 aromatic carbocycles. The molecule has 5 heteroatoms. The van der Waals surface area contributed by atoms with E-state index in [4.69, 9.17) is 9.26 Å². The number of hydrogen-bond donors (Lipinski definition) is 1. The van der Waals surface area contributed by atoms with Gasteiger partial charge >= 0.3 is 0 Å². The molecule has 124 valence electrons. The summed E-state index contributed by atoms with van der Waals surface area (Å²) < 4.78 is 10.6. The van der Waals surface area contributed by atoms with Crippen LogP contribution in [0.3, 0.4) is 0 Å². The van der Waals surface area contributed by atoms with Gasteiger partial charge in [-0.05, 0) is 31.9 Å². The molecule has 2 aromatic rings. The van der Waals surface area contributed by atoms with Crippen molar-refractivity contribution in [2.45, 2.75) is 46.1 Å². The highest BCUT2D eigenvalue weighted by molar-refractivity contribution is 5.96. The van der Waals surface area contributed by atoms with Gasteiger partial charge in [0.05, 0.1) is 12.8 Å². The molecule has 0 spiro atoms. The number of carbonyl (C=O) groups is 1. The van der Waals surface area contributed by atoms with Crippen molar-refractivity contribution in [3.63, 3.8) is 0 Å². The Balaban J connectivity index is 2.10. The lowest BCUT2D eigenvalue weighted by molar-refractivity contribution is 0.0937. The van der Waals surface area contributed by atoms with Crippen molar-refractivity contribution in [2.24, 2.45) is 0 Å². The zero-order chi connectivity index (χ0) is 17.0. The summed E-state index contributed by atoms with van der Waals surface area (Å²) in [6.07, 6.45) is 0.692. The van der Waals surface area contributed by atoms with Gasteiger partial charge < -0.3 is 14.6 Å². The number of amides is 1. The Hall–Kier alpha value is -2.30. The number of nitrogens with zero attached hydrogens (tertiary/aromatic N) is 1. The zero-order valence-electron chi connectivity index (χ0n) is 14.3. The Morgan fingerprint density at radius 3 is 2.65 bits per heavy atom. The smallest absolute Gasteiger partial charge is 0.257 e. The highest BCUT2D eigenvalue weighted by atomic mass is 16.5. The van der Waals surface area contributed by atoms with E-state index < -0.39 is 0 Å². The minimum absolute atomic E-state index is 0.0342. The number of benzene rings is 1. The number of aromatic nitrogens is 1. The first-order valence-corrected chi connectivity index (χ1v) is 7.83. The van der Waals surface area contributed by atoms with Gasteiger partial charge in [-0.1, -0.05) is 37.2 Å². The van der Waals surface area contributed by atoms with Gasteiger partial charge in [0.2, 0.25) is 0 Å². The largest absolute Gasteiger partial charge is 0.496 e. The van der Waals surface area contributed by atoms with Crippen molar-refractivity contribution in [1.29, 1.82) is 0 Å². The van der Waals surface area contributed by atoms with Crippen molar-refractivity contribution in [2.75, 3.05) is 7.11 Å². The molecule has 0 saturated carbocycles. The van der Waals surface area contributed by atoms with E-state index in [1.807, 2.05) is 45.0 Å². The molecule has 0 radical (unpaired) electrons. The average Bonchev–Trinajstić information content (AvgIpc) is 2.89. The molecule has 23 heavy (non-hydrogen) atoms. The van der Waals surface area contributed by atoms with Crippen LogP contribution in [-0.2, 0) is 6.42 Å². The normalized spacial score (nSPS) is 12.3.